The van der Waals surface area contributed by atoms with E-state index in [9.17, 15) is 9.59 Å². The summed E-state index contributed by atoms with van der Waals surface area (Å²) < 4.78 is 9.55. The first-order valence-corrected chi connectivity index (χ1v) is 6.14. The summed E-state index contributed by atoms with van der Waals surface area (Å²) in [5, 5.41) is 2.61. The van der Waals surface area contributed by atoms with Gasteiger partial charge in [0.25, 0.3) is 5.91 Å². The molecule has 0 unspecified atom stereocenters. The molecule has 0 saturated carbocycles. The third kappa shape index (κ3) is 2.83. The molecule has 1 N–H and O–H groups in total. The second-order valence-electron chi connectivity index (χ2n) is 4.10. The summed E-state index contributed by atoms with van der Waals surface area (Å²) in [5.41, 5.74) is 1.71. The number of methoxy groups -OCH3 is 1. The average molecular weight is 294 g/mol. The summed E-state index contributed by atoms with van der Waals surface area (Å²) in [4.78, 5) is 23.7. The molecule has 6 heteroatoms. The molecule has 2 rings (SSSR count). The van der Waals surface area contributed by atoms with Gasteiger partial charge in [-0.1, -0.05) is 11.6 Å². The monoisotopic (exact) mass is 293 g/mol. The maximum absolute atomic E-state index is 12.0. The molecule has 5 nitrogen and oxygen atoms in total. The molecule has 20 heavy (non-hydrogen) atoms. The lowest BCUT2D eigenvalue weighted by atomic mass is 10.1. The van der Waals surface area contributed by atoms with Crippen molar-refractivity contribution in [1.82, 2.24) is 0 Å². The Labute approximate surface area is 120 Å². The number of hydrogen-bond donors (Lipinski definition) is 1. The van der Waals surface area contributed by atoms with Crippen LogP contribution >= 0.6 is 11.6 Å². The van der Waals surface area contributed by atoms with Crippen LogP contribution in [0.2, 0.25) is 5.22 Å². The molecule has 1 heterocycles. The summed E-state index contributed by atoms with van der Waals surface area (Å²) in [7, 11) is 1.28. The van der Waals surface area contributed by atoms with E-state index in [2.05, 4.69) is 5.32 Å². The van der Waals surface area contributed by atoms with E-state index in [0.717, 1.165) is 5.56 Å². The summed E-state index contributed by atoms with van der Waals surface area (Å²) in [5.74, 6) is -0.986. The third-order valence-electron chi connectivity index (χ3n) is 2.69. The molecule has 0 radical (unpaired) electrons. The van der Waals surface area contributed by atoms with Crippen molar-refractivity contribution in [2.75, 3.05) is 12.4 Å². The van der Waals surface area contributed by atoms with Crippen molar-refractivity contribution in [3.8, 4) is 0 Å². The highest BCUT2D eigenvalue weighted by molar-refractivity contribution is 6.32. The molecule has 0 spiro atoms. The summed E-state index contributed by atoms with van der Waals surface area (Å²) in [6, 6.07) is 6.49. The topological polar surface area (TPSA) is 68.5 Å². The van der Waals surface area contributed by atoms with E-state index < -0.39 is 11.9 Å². The van der Waals surface area contributed by atoms with Gasteiger partial charge >= 0.3 is 5.97 Å². The fraction of sp³-hybridized carbons (Fsp3) is 0.143. The minimum Gasteiger partial charge on any atom is -0.465 e. The van der Waals surface area contributed by atoms with Gasteiger partial charge in [-0.05, 0) is 36.7 Å². The maximum Gasteiger partial charge on any atom is 0.339 e. The van der Waals surface area contributed by atoms with Crippen molar-refractivity contribution in [3.05, 3.63) is 52.4 Å². The van der Waals surface area contributed by atoms with Crippen molar-refractivity contribution in [2.45, 2.75) is 6.92 Å². The van der Waals surface area contributed by atoms with Crippen LogP contribution in [0.5, 0.6) is 0 Å². The summed E-state index contributed by atoms with van der Waals surface area (Å²) >= 11 is 5.74. The quantitative estimate of drug-likeness (QED) is 0.882. The van der Waals surface area contributed by atoms with E-state index in [1.165, 1.54) is 19.4 Å². The number of benzene rings is 1. The number of halogens is 1. The predicted octanol–water partition coefficient (Wildman–Crippen LogP) is 3.28. The van der Waals surface area contributed by atoms with Crippen molar-refractivity contribution in [2.24, 2.45) is 0 Å². The molecule has 1 amide bonds. The lowest BCUT2D eigenvalue weighted by Gasteiger charge is -2.10. The fourth-order valence-corrected chi connectivity index (χ4v) is 1.89. The van der Waals surface area contributed by atoms with E-state index in [-0.39, 0.29) is 16.3 Å². The van der Waals surface area contributed by atoms with Crippen molar-refractivity contribution < 1.29 is 18.7 Å². The number of aryl methyl sites for hydroxylation is 1. The predicted molar refractivity (Wildman–Crippen MR) is 74.2 cm³/mol. The van der Waals surface area contributed by atoms with Gasteiger partial charge in [-0.15, -0.1) is 0 Å². The van der Waals surface area contributed by atoms with E-state index in [1.54, 1.807) is 18.2 Å². The van der Waals surface area contributed by atoms with E-state index in [1.807, 2.05) is 6.92 Å². The molecule has 2 aromatic rings. The lowest BCUT2D eigenvalue weighted by Crippen LogP contribution is -2.15. The Hall–Kier alpha value is -2.27. The van der Waals surface area contributed by atoms with Crippen LogP contribution in [0.3, 0.4) is 0 Å². The fourth-order valence-electron chi connectivity index (χ4n) is 1.69. The standard InChI is InChI=1S/C14H12ClNO4/c1-8-3-4-11(10(7-8)14(18)19-2)16-13(17)9-5-6-20-12(9)15/h3-7H,1-2H3,(H,16,17). The van der Waals surface area contributed by atoms with Gasteiger partial charge < -0.3 is 14.5 Å². The SMILES string of the molecule is COC(=O)c1cc(C)ccc1NC(=O)c1ccoc1Cl. The van der Waals surface area contributed by atoms with Gasteiger partial charge in [0.05, 0.1) is 30.2 Å². The number of anilines is 1. The Morgan fingerprint density at radius 2 is 2.00 bits per heavy atom. The highest BCUT2D eigenvalue weighted by Crippen LogP contribution is 2.22. The second-order valence-corrected chi connectivity index (χ2v) is 4.45. The Bertz CT molecular complexity index is 663. The first-order chi connectivity index (χ1) is 9.52. The van der Waals surface area contributed by atoms with Crippen LogP contribution in [0, 0.1) is 6.92 Å². The number of ether oxygens (including phenoxy) is 1. The zero-order chi connectivity index (χ0) is 14.7. The van der Waals surface area contributed by atoms with Crippen molar-refractivity contribution in [1.29, 1.82) is 0 Å². The van der Waals surface area contributed by atoms with Gasteiger partial charge in [-0.3, -0.25) is 4.79 Å². The molecule has 1 aromatic heterocycles. The number of amides is 1. The van der Waals surface area contributed by atoms with Gasteiger partial charge in [0, 0.05) is 0 Å². The van der Waals surface area contributed by atoms with E-state index in [4.69, 9.17) is 20.8 Å². The molecule has 0 bridgehead atoms. The molecular formula is C14H12ClNO4. The lowest BCUT2D eigenvalue weighted by molar-refractivity contribution is 0.0602. The Balaban J connectivity index is 2.32. The minimum atomic E-state index is -0.526. The van der Waals surface area contributed by atoms with E-state index in [0.29, 0.717) is 5.69 Å². The number of furan rings is 1. The highest BCUT2D eigenvalue weighted by Gasteiger charge is 2.17. The molecule has 104 valence electrons. The van der Waals surface area contributed by atoms with Gasteiger partial charge in [0.15, 0.2) is 0 Å². The zero-order valence-corrected chi connectivity index (χ0v) is 11.7. The number of nitrogens with one attached hydrogen (secondary N) is 1. The molecule has 0 atom stereocenters. The van der Waals surface area contributed by atoms with Crippen LogP contribution in [0.1, 0.15) is 26.3 Å². The van der Waals surface area contributed by atoms with Crippen LogP contribution in [-0.4, -0.2) is 19.0 Å². The number of hydrogen-bond acceptors (Lipinski definition) is 4. The van der Waals surface area contributed by atoms with Crippen LogP contribution in [0.25, 0.3) is 0 Å². The van der Waals surface area contributed by atoms with Crippen LogP contribution in [-0.2, 0) is 4.74 Å². The Morgan fingerprint density at radius 1 is 1.25 bits per heavy atom. The maximum atomic E-state index is 12.0. The van der Waals surface area contributed by atoms with E-state index >= 15 is 0 Å². The molecule has 0 aliphatic carbocycles. The van der Waals surface area contributed by atoms with Gasteiger partial charge in [-0.2, -0.15) is 0 Å². The first-order valence-electron chi connectivity index (χ1n) is 5.76. The molecule has 0 fully saturated rings. The molecule has 0 aliphatic rings. The van der Waals surface area contributed by atoms with Crippen molar-refractivity contribution in [3.63, 3.8) is 0 Å². The molecule has 0 aliphatic heterocycles. The number of carbonyl (C=O) groups excluding carboxylic acids is 2. The normalized spacial score (nSPS) is 10.2. The zero-order valence-electron chi connectivity index (χ0n) is 10.9. The second kappa shape index (κ2) is 5.79. The minimum absolute atomic E-state index is 0.00534. The van der Waals surface area contributed by atoms with Gasteiger partial charge in [-0.25, -0.2) is 4.79 Å². The largest absolute Gasteiger partial charge is 0.465 e. The Morgan fingerprint density at radius 3 is 2.60 bits per heavy atom. The van der Waals surface area contributed by atoms with Crippen LogP contribution in [0.15, 0.2) is 34.9 Å². The molecule has 0 saturated heterocycles. The van der Waals surface area contributed by atoms with Crippen molar-refractivity contribution >= 4 is 29.2 Å². The number of carbonyl (C=O) groups is 2. The molecule has 1 aromatic carbocycles. The number of rotatable bonds is 3. The highest BCUT2D eigenvalue weighted by atomic mass is 35.5. The summed E-state index contributed by atoms with van der Waals surface area (Å²) in [6.45, 7) is 1.84. The van der Waals surface area contributed by atoms with Gasteiger partial charge in [0.1, 0.15) is 0 Å². The first kappa shape index (κ1) is 14.1. The third-order valence-corrected chi connectivity index (χ3v) is 2.98. The summed E-state index contributed by atoms with van der Waals surface area (Å²) in [6.07, 6.45) is 1.31. The smallest absolute Gasteiger partial charge is 0.339 e. The van der Waals surface area contributed by atoms with Crippen LogP contribution < -0.4 is 5.32 Å². The molecular weight excluding hydrogens is 282 g/mol. The van der Waals surface area contributed by atoms with Crippen LogP contribution in [0.4, 0.5) is 5.69 Å². The average Bonchev–Trinajstić information content (AvgIpc) is 2.86. The Kier molecular flexibility index (Phi) is 4.10. The van der Waals surface area contributed by atoms with Gasteiger partial charge in [0.2, 0.25) is 5.22 Å². The number of esters is 1.